The number of ether oxygens (including phenoxy) is 1. The third-order valence-electron chi connectivity index (χ3n) is 6.91. The van der Waals surface area contributed by atoms with Crippen LogP contribution in [0.3, 0.4) is 0 Å². The smallest absolute Gasteiger partial charge is 0.314 e. The van der Waals surface area contributed by atoms with Crippen molar-refractivity contribution in [3.05, 3.63) is 11.6 Å². The fraction of sp³-hybridized carbons (Fsp3) is 0.682. The topological polar surface area (TPSA) is 104 Å². The molecule has 5 nitrogen and oxygen atoms in total. The van der Waals surface area contributed by atoms with Crippen LogP contribution in [0.2, 0.25) is 0 Å². The van der Waals surface area contributed by atoms with E-state index < -0.39 is 0 Å². The molecule has 0 bridgehead atoms. The van der Waals surface area contributed by atoms with Crippen LogP contribution in [0.1, 0.15) is 70.8 Å². The molecular formula is C22H35N3O2. The Labute approximate surface area is 163 Å². The van der Waals surface area contributed by atoms with Gasteiger partial charge in [0.05, 0.1) is 23.0 Å². The Morgan fingerprint density at radius 2 is 1.52 bits per heavy atom. The molecule has 0 radical (unpaired) electrons. The molecule has 0 amide bonds. The number of carbonyl (C=O) groups excluding carboxylic acids is 1. The Balaban J connectivity index is 1.59. The SMILES string of the molecule is CCc1c(OC(=O)C2CCC(C3CCC(C)CC3)CC2)cc(N)c(N)c1N. The van der Waals surface area contributed by atoms with Crippen molar-refractivity contribution in [3.8, 4) is 5.75 Å². The molecule has 2 saturated carbocycles. The molecule has 2 aliphatic rings. The van der Waals surface area contributed by atoms with Gasteiger partial charge in [-0.25, -0.2) is 0 Å². The molecule has 3 rings (SSSR count). The number of carbonyl (C=O) groups is 1. The van der Waals surface area contributed by atoms with Gasteiger partial charge < -0.3 is 21.9 Å². The summed E-state index contributed by atoms with van der Waals surface area (Å²) in [7, 11) is 0. The van der Waals surface area contributed by atoms with E-state index in [9.17, 15) is 4.79 Å². The number of benzene rings is 1. The first-order valence-electron chi connectivity index (χ1n) is 10.6. The number of rotatable bonds is 4. The highest BCUT2D eigenvalue weighted by atomic mass is 16.5. The molecule has 0 heterocycles. The standard InChI is InChI=1S/C22H35N3O2/c1-3-17-19(12-18(23)21(25)20(17)24)27-22(26)16-10-8-15(9-11-16)14-6-4-13(2)5-7-14/h12-16H,3-11,23-25H2,1-2H3. The maximum atomic E-state index is 12.7. The highest BCUT2D eigenvalue weighted by Gasteiger charge is 2.33. The van der Waals surface area contributed by atoms with Crippen LogP contribution >= 0.6 is 0 Å². The minimum Gasteiger partial charge on any atom is -0.426 e. The first-order chi connectivity index (χ1) is 12.9. The molecule has 1 aromatic rings. The molecule has 150 valence electrons. The lowest BCUT2D eigenvalue weighted by molar-refractivity contribution is -0.140. The van der Waals surface area contributed by atoms with E-state index in [0.717, 1.165) is 49.0 Å². The van der Waals surface area contributed by atoms with Crippen LogP contribution in [-0.4, -0.2) is 5.97 Å². The van der Waals surface area contributed by atoms with E-state index in [4.69, 9.17) is 21.9 Å². The molecule has 2 fully saturated rings. The van der Waals surface area contributed by atoms with Crippen molar-refractivity contribution in [2.45, 2.75) is 71.6 Å². The van der Waals surface area contributed by atoms with E-state index >= 15 is 0 Å². The van der Waals surface area contributed by atoms with Gasteiger partial charge in [0.1, 0.15) is 5.75 Å². The molecular weight excluding hydrogens is 338 g/mol. The average Bonchev–Trinajstić information content (AvgIpc) is 2.67. The van der Waals surface area contributed by atoms with E-state index in [0.29, 0.717) is 29.2 Å². The number of nitrogen functional groups attached to an aromatic ring is 3. The van der Waals surface area contributed by atoms with Gasteiger partial charge in [0, 0.05) is 11.6 Å². The van der Waals surface area contributed by atoms with E-state index in [1.807, 2.05) is 6.92 Å². The van der Waals surface area contributed by atoms with Gasteiger partial charge in [-0.15, -0.1) is 0 Å². The van der Waals surface area contributed by atoms with Crippen LogP contribution in [0.4, 0.5) is 17.1 Å². The summed E-state index contributed by atoms with van der Waals surface area (Å²) >= 11 is 0. The molecule has 0 saturated heterocycles. The van der Waals surface area contributed by atoms with Crippen molar-refractivity contribution in [3.63, 3.8) is 0 Å². The Morgan fingerprint density at radius 3 is 2.07 bits per heavy atom. The van der Waals surface area contributed by atoms with Crippen molar-refractivity contribution in [1.82, 2.24) is 0 Å². The Morgan fingerprint density at radius 1 is 0.963 bits per heavy atom. The fourth-order valence-corrected chi connectivity index (χ4v) is 4.99. The second-order valence-electron chi connectivity index (χ2n) is 8.68. The van der Waals surface area contributed by atoms with Crippen LogP contribution in [0.25, 0.3) is 0 Å². The first kappa shape index (κ1) is 19.8. The second-order valence-corrected chi connectivity index (χ2v) is 8.68. The Kier molecular flexibility index (Phi) is 6.18. The first-order valence-corrected chi connectivity index (χ1v) is 10.6. The molecule has 2 aliphatic carbocycles. The molecule has 0 unspecified atom stereocenters. The predicted octanol–water partition coefficient (Wildman–Crippen LogP) is 4.53. The van der Waals surface area contributed by atoms with Crippen LogP contribution < -0.4 is 21.9 Å². The van der Waals surface area contributed by atoms with Crippen LogP contribution in [0, 0.1) is 23.7 Å². The summed E-state index contributed by atoms with van der Waals surface area (Å²) in [4.78, 5) is 12.7. The van der Waals surface area contributed by atoms with Crippen molar-refractivity contribution >= 4 is 23.0 Å². The highest BCUT2D eigenvalue weighted by Crippen LogP contribution is 2.42. The third kappa shape index (κ3) is 4.33. The molecule has 1 aromatic carbocycles. The van der Waals surface area contributed by atoms with Gasteiger partial charge >= 0.3 is 5.97 Å². The monoisotopic (exact) mass is 373 g/mol. The van der Waals surface area contributed by atoms with Gasteiger partial charge in [0.2, 0.25) is 0 Å². The zero-order chi connectivity index (χ0) is 19.6. The van der Waals surface area contributed by atoms with Crippen LogP contribution in [-0.2, 0) is 11.2 Å². The molecule has 6 N–H and O–H groups in total. The van der Waals surface area contributed by atoms with Gasteiger partial charge in [-0.3, -0.25) is 4.79 Å². The summed E-state index contributed by atoms with van der Waals surface area (Å²) in [6, 6.07) is 1.64. The summed E-state index contributed by atoms with van der Waals surface area (Å²) < 4.78 is 5.73. The molecule has 0 atom stereocenters. The van der Waals surface area contributed by atoms with Gasteiger partial charge in [-0.05, 0) is 62.7 Å². The molecule has 0 aromatic heterocycles. The summed E-state index contributed by atoms with van der Waals surface area (Å²) in [5.41, 5.74) is 19.8. The predicted molar refractivity (Wildman–Crippen MR) is 111 cm³/mol. The van der Waals surface area contributed by atoms with Crippen molar-refractivity contribution in [2.75, 3.05) is 17.2 Å². The molecule has 0 spiro atoms. The van der Waals surface area contributed by atoms with Crippen molar-refractivity contribution in [2.24, 2.45) is 23.7 Å². The quantitative estimate of drug-likeness (QED) is 0.408. The second kappa shape index (κ2) is 8.41. The maximum Gasteiger partial charge on any atom is 0.314 e. The molecule has 5 heteroatoms. The van der Waals surface area contributed by atoms with Gasteiger partial charge in [0.25, 0.3) is 0 Å². The zero-order valence-electron chi connectivity index (χ0n) is 16.8. The van der Waals surface area contributed by atoms with E-state index in [-0.39, 0.29) is 11.9 Å². The van der Waals surface area contributed by atoms with Crippen molar-refractivity contribution < 1.29 is 9.53 Å². The molecule has 27 heavy (non-hydrogen) atoms. The van der Waals surface area contributed by atoms with E-state index in [2.05, 4.69) is 6.92 Å². The Hall–Kier alpha value is -1.91. The van der Waals surface area contributed by atoms with E-state index in [1.165, 1.54) is 25.7 Å². The lowest BCUT2D eigenvalue weighted by Crippen LogP contribution is -2.30. The lowest BCUT2D eigenvalue weighted by atomic mass is 9.69. The fourth-order valence-electron chi connectivity index (χ4n) is 4.99. The number of nitrogens with two attached hydrogens (primary N) is 3. The number of esters is 1. The summed E-state index contributed by atoms with van der Waals surface area (Å²) in [5.74, 6) is 2.84. The Bertz CT molecular complexity index is 673. The average molecular weight is 374 g/mol. The summed E-state index contributed by atoms with van der Waals surface area (Å²) in [6.45, 7) is 4.33. The minimum atomic E-state index is -0.149. The summed E-state index contributed by atoms with van der Waals surface area (Å²) in [5, 5.41) is 0. The van der Waals surface area contributed by atoms with Gasteiger partial charge in [0.15, 0.2) is 0 Å². The minimum absolute atomic E-state index is 0.0199. The lowest BCUT2D eigenvalue weighted by Gasteiger charge is -2.36. The number of anilines is 3. The number of hydrogen-bond donors (Lipinski definition) is 3. The maximum absolute atomic E-state index is 12.7. The van der Waals surface area contributed by atoms with E-state index in [1.54, 1.807) is 6.07 Å². The molecule has 0 aliphatic heterocycles. The number of hydrogen-bond acceptors (Lipinski definition) is 5. The zero-order valence-corrected chi connectivity index (χ0v) is 16.8. The van der Waals surface area contributed by atoms with Gasteiger partial charge in [-0.1, -0.05) is 26.7 Å². The highest BCUT2D eigenvalue weighted by molar-refractivity contribution is 5.84. The van der Waals surface area contributed by atoms with Crippen LogP contribution in [0.15, 0.2) is 6.07 Å². The van der Waals surface area contributed by atoms with Crippen LogP contribution in [0.5, 0.6) is 5.75 Å². The third-order valence-corrected chi connectivity index (χ3v) is 6.91. The largest absolute Gasteiger partial charge is 0.426 e. The van der Waals surface area contributed by atoms with Gasteiger partial charge in [-0.2, -0.15) is 0 Å². The normalized spacial score (nSPS) is 28.7. The summed E-state index contributed by atoms with van der Waals surface area (Å²) in [6.07, 6.45) is 10.3. The van der Waals surface area contributed by atoms with Crippen molar-refractivity contribution in [1.29, 1.82) is 0 Å².